The summed E-state index contributed by atoms with van der Waals surface area (Å²) in [6.07, 6.45) is 8.16. The molecule has 4 heteroatoms. The van der Waals surface area contributed by atoms with Crippen molar-refractivity contribution < 1.29 is 4.79 Å². The van der Waals surface area contributed by atoms with Gasteiger partial charge < -0.3 is 4.90 Å². The molecule has 31 heavy (non-hydrogen) atoms. The lowest BCUT2D eigenvalue weighted by Crippen LogP contribution is -2.49. The van der Waals surface area contributed by atoms with Gasteiger partial charge in [0, 0.05) is 35.3 Å². The third-order valence-corrected chi connectivity index (χ3v) is 7.92. The number of rotatable bonds is 6. The van der Waals surface area contributed by atoms with E-state index in [2.05, 4.69) is 41.0 Å². The Morgan fingerprint density at radius 1 is 1.03 bits per heavy atom. The van der Waals surface area contributed by atoms with Gasteiger partial charge in [-0.2, -0.15) is 0 Å². The molecule has 0 spiro atoms. The first-order valence-corrected chi connectivity index (χ1v) is 12.4. The summed E-state index contributed by atoms with van der Waals surface area (Å²) in [7, 11) is 0. The quantitative estimate of drug-likeness (QED) is 0.588. The van der Waals surface area contributed by atoms with E-state index in [4.69, 9.17) is 11.6 Å². The SMILES string of the molecule is CCCN(CC1CC2CCC(C1)N2C(=O)c1cccc(Cl)c1)C1Cc2ccccc2C1. The van der Waals surface area contributed by atoms with E-state index < -0.39 is 0 Å². The minimum atomic E-state index is 0.171. The summed E-state index contributed by atoms with van der Waals surface area (Å²) >= 11 is 6.15. The fourth-order valence-corrected chi connectivity index (χ4v) is 6.57. The van der Waals surface area contributed by atoms with Crippen LogP contribution in [-0.2, 0) is 12.8 Å². The Morgan fingerprint density at radius 3 is 2.32 bits per heavy atom. The average Bonchev–Trinajstić information content (AvgIpc) is 3.31. The minimum Gasteiger partial charge on any atom is -0.333 e. The lowest BCUT2D eigenvalue weighted by molar-refractivity contribution is 0.0455. The van der Waals surface area contributed by atoms with Crippen LogP contribution in [0.25, 0.3) is 0 Å². The Labute approximate surface area is 191 Å². The first-order valence-electron chi connectivity index (χ1n) is 12.0. The minimum absolute atomic E-state index is 0.171. The molecule has 5 rings (SSSR count). The first kappa shape index (κ1) is 21.0. The lowest BCUT2D eigenvalue weighted by Gasteiger charge is -2.41. The summed E-state index contributed by atoms with van der Waals surface area (Å²) in [6.45, 7) is 4.65. The zero-order valence-corrected chi connectivity index (χ0v) is 19.2. The smallest absolute Gasteiger partial charge is 0.254 e. The molecule has 2 atom stereocenters. The Morgan fingerprint density at radius 2 is 1.71 bits per heavy atom. The molecule has 3 nitrogen and oxygen atoms in total. The molecule has 2 saturated heterocycles. The molecule has 2 heterocycles. The van der Waals surface area contributed by atoms with Crippen LogP contribution >= 0.6 is 11.6 Å². The second-order valence-electron chi connectivity index (χ2n) is 9.77. The molecule has 1 amide bonds. The van der Waals surface area contributed by atoms with Gasteiger partial charge in [0.05, 0.1) is 0 Å². The number of nitrogens with zero attached hydrogens (tertiary/aromatic N) is 2. The van der Waals surface area contributed by atoms with Crippen LogP contribution in [0.3, 0.4) is 0 Å². The fraction of sp³-hybridized carbons (Fsp3) is 0.519. The van der Waals surface area contributed by atoms with Gasteiger partial charge >= 0.3 is 0 Å². The number of piperidine rings is 1. The number of benzene rings is 2. The molecule has 2 unspecified atom stereocenters. The van der Waals surface area contributed by atoms with Crippen LogP contribution in [0.5, 0.6) is 0 Å². The largest absolute Gasteiger partial charge is 0.333 e. The van der Waals surface area contributed by atoms with E-state index in [1.807, 2.05) is 24.3 Å². The van der Waals surface area contributed by atoms with Crippen LogP contribution in [0.4, 0.5) is 0 Å². The number of amides is 1. The molecule has 2 aromatic carbocycles. The predicted octanol–water partition coefficient (Wildman–Crippen LogP) is 5.60. The van der Waals surface area contributed by atoms with Crippen molar-refractivity contribution in [3.63, 3.8) is 0 Å². The summed E-state index contributed by atoms with van der Waals surface area (Å²) < 4.78 is 0. The highest BCUT2D eigenvalue weighted by atomic mass is 35.5. The van der Waals surface area contributed by atoms with Gasteiger partial charge in [-0.15, -0.1) is 0 Å². The first-order chi connectivity index (χ1) is 15.1. The Kier molecular flexibility index (Phi) is 6.08. The molecule has 3 aliphatic rings. The maximum absolute atomic E-state index is 13.2. The van der Waals surface area contributed by atoms with Crippen LogP contribution < -0.4 is 0 Å². The number of halogens is 1. The molecular formula is C27H33ClN2O. The van der Waals surface area contributed by atoms with Crippen LogP contribution in [0.15, 0.2) is 48.5 Å². The number of hydrogen-bond acceptors (Lipinski definition) is 2. The molecule has 1 aliphatic carbocycles. The number of carbonyl (C=O) groups excluding carboxylic acids is 1. The fourth-order valence-electron chi connectivity index (χ4n) is 6.38. The molecule has 2 bridgehead atoms. The monoisotopic (exact) mass is 436 g/mol. The number of hydrogen-bond donors (Lipinski definition) is 0. The topological polar surface area (TPSA) is 23.6 Å². The second-order valence-corrected chi connectivity index (χ2v) is 10.2. The maximum atomic E-state index is 13.2. The van der Waals surface area contributed by atoms with Crippen molar-refractivity contribution in [2.45, 2.75) is 70.0 Å². The summed E-state index contributed by atoms with van der Waals surface area (Å²) in [5.41, 5.74) is 3.81. The summed E-state index contributed by atoms with van der Waals surface area (Å²) in [5.74, 6) is 0.862. The molecule has 164 valence electrons. The Bertz CT molecular complexity index is 905. The van der Waals surface area contributed by atoms with Crippen LogP contribution in [-0.4, -0.2) is 46.9 Å². The van der Waals surface area contributed by atoms with E-state index in [0.29, 0.717) is 29.1 Å². The molecule has 0 radical (unpaired) electrons. The van der Waals surface area contributed by atoms with Crippen molar-refractivity contribution in [2.75, 3.05) is 13.1 Å². The van der Waals surface area contributed by atoms with Gasteiger partial charge in [-0.25, -0.2) is 0 Å². The highest BCUT2D eigenvalue weighted by Gasteiger charge is 2.44. The van der Waals surface area contributed by atoms with Crippen molar-refractivity contribution in [3.8, 4) is 0 Å². The van der Waals surface area contributed by atoms with Crippen molar-refractivity contribution >= 4 is 17.5 Å². The molecule has 0 aromatic heterocycles. The van der Waals surface area contributed by atoms with E-state index in [1.165, 1.54) is 43.5 Å². The zero-order valence-electron chi connectivity index (χ0n) is 18.5. The van der Waals surface area contributed by atoms with Crippen molar-refractivity contribution in [2.24, 2.45) is 5.92 Å². The molecule has 2 fully saturated rings. The van der Waals surface area contributed by atoms with Crippen LogP contribution in [0.1, 0.15) is 60.5 Å². The van der Waals surface area contributed by atoms with E-state index in [-0.39, 0.29) is 5.91 Å². The Balaban J connectivity index is 1.25. The standard InChI is InChI=1S/C27H33ClN2O/c1-2-12-29(26-16-20-6-3-4-7-21(20)17-26)18-19-13-24-10-11-25(14-19)30(24)27(31)22-8-5-9-23(28)15-22/h3-9,15,19,24-26H,2,10-14,16-18H2,1H3. The highest BCUT2D eigenvalue weighted by molar-refractivity contribution is 6.30. The zero-order chi connectivity index (χ0) is 21.4. The van der Waals surface area contributed by atoms with Gasteiger partial charge in [0.1, 0.15) is 0 Å². The lowest BCUT2D eigenvalue weighted by atomic mass is 9.89. The maximum Gasteiger partial charge on any atom is 0.254 e. The highest BCUT2D eigenvalue weighted by Crippen LogP contribution is 2.40. The number of fused-ring (bicyclic) bond motifs is 3. The molecule has 0 saturated carbocycles. The predicted molar refractivity (Wildman–Crippen MR) is 127 cm³/mol. The van der Waals surface area contributed by atoms with Crippen molar-refractivity contribution in [1.29, 1.82) is 0 Å². The van der Waals surface area contributed by atoms with Crippen molar-refractivity contribution in [1.82, 2.24) is 9.80 Å². The summed E-state index contributed by atoms with van der Waals surface area (Å²) in [4.78, 5) is 18.2. The van der Waals surface area contributed by atoms with Gasteiger partial charge in [-0.3, -0.25) is 9.69 Å². The molecule has 2 aromatic rings. The molecule has 0 N–H and O–H groups in total. The summed E-state index contributed by atoms with van der Waals surface area (Å²) in [5, 5.41) is 0.640. The van der Waals surface area contributed by atoms with E-state index in [0.717, 1.165) is 31.2 Å². The van der Waals surface area contributed by atoms with E-state index in [1.54, 1.807) is 0 Å². The average molecular weight is 437 g/mol. The van der Waals surface area contributed by atoms with E-state index >= 15 is 0 Å². The van der Waals surface area contributed by atoms with Gasteiger partial charge in [0.2, 0.25) is 0 Å². The van der Waals surface area contributed by atoms with Crippen LogP contribution in [0, 0.1) is 5.92 Å². The normalized spacial score (nSPS) is 25.3. The van der Waals surface area contributed by atoms with Gasteiger partial charge in [-0.05, 0) is 86.7 Å². The van der Waals surface area contributed by atoms with Gasteiger partial charge in [-0.1, -0.05) is 48.9 Å². The van der Waals surface area contributed by atoms with Crippen molar-refractivity contribution in [3.05, 3.63) is 70.2 Å². The summed E-state index contributed by atoms with van der Waals surface area (Å²) in [6, 6.07) is 17.8. The Hall–Kier alpha value is -1.84. The third kappa shape index (κ3) is 4.27. The van der Waals surface area contributed by atoms with Gasteiger partial charge in [0.25, 0.3) is 5.91 Å². The van der Waals surface area contributed by atoms with Gasteiger partial charge in [0.15, 0.2) is 0 Å². The number of carbonyl (C=O) groups is 1. The third-order valence-electron chi connectivity index (χ3n) is 7.69. The molecule has 2 aliphatic heterocycles. The second kappa shape index (κ2) is 8.96. The van der Waals surface area contributed by atoms with Crippen LogP contribution in [0.2, 0.25) is 5.02 Å². The van der Waals surface area contributed by atoms with E-state index in [9.17, 15) is 4.79 Å². The molecular weight excluding hydrogens is 404 g/mol.